The van der Waals surface area contributed by atoms with Gasteiger partial charge in [-0.3, -0.25) is 14.9 Å². The zero-order valence-electron chi connectivity index (χ0n) is 12.9. The molecule has 0 atom stereocenters. The summed E-state index contributed by atoms with van der Waals surface area (Å²) in [7, 11) is 0. The van der Waals surface area contributed by atoms with Gasteiger partial charge in [0.2, 0.25) is 0 Å². The van der Waals surface area contributed by atoms with E-state index in [1.54, 1.807) is 12.1 Å². The molecule has 1 heterocycles. The van der Waals surface area contributed by atoms with Gasteiger partial charge in [-0.05, 0) is 31.0 Å². The number of rotatable bonds is 4. The number of Topliss-reactive ketones (excluding diaryl/α,β-unsaturated/α-hetero) is 1. The third-order valence-electron chi connectivity index (χ3n) is 3.60. The average Bonchev–Trinajstić information content (AvgIpc) is 2.95. The molecule has 0 bridgehead atoms. The molecule has 0 aliphatic heterocycles. The van der Waals surface area contributed by atoms with Gasteiger partial charge in [0.25, 0.3) is 11.7 Å². The van der Waals surface area contributed by atoms with E-state index in [1.165, 1.54) is 16.9 Å². The van der Waals surface area contributed by atoms with E-state index < -0.39 is 11.7 Å². The van der Waals surface area contributed by atoms with Crippen LogP contribution in [0.5, 0.6) is 0 Å². The number of carbonyl (C=O) groups excluding carboxylic acids is 2. The molecular formula is C18H16N2O2S. The number of aromatic nitrogens is 1. The molecule has 0 spiro atoms. The maximum atomic E-state index is 12.1. The van der Waals surface area contributed by atoms with Crippen LogP contribution in [-0.2, 0) is 11.2 Å². The van der Waals surface area contributed by atoms with Crippen LogP contribution in [0.25, 0.3) is 10.2 Å². The second kappa shape index (κ2) is 6.30. The van der Waals surface area contributed by atoms with E-state index in [0.29, 0.717) is 10.7 Å². The predicted octanol–water partition coefficient (Wildman–Crippen LogP) is 3.99. The fourth-order valence-corrected chi connectivity index (χ4v) is 3.16. The van der Waals surface area contributed by atoms with Crippen LogP contribution in [0.3, 0.4) is 0 Å². The second-order valence-corrected chi connectivity index (χ2v) is 6.35. The van der Waals surface area contributed by atoms with Crippen LogP contribution in [0.1, 0.15) is 28.4 Å². The molecule has 116 valence electrons. The Hall–Kier alpha value is -2.53. The Kier molecular flexibility index (Phi) is 4.21. The lowest BCUT2D eigenvalue weighted by Gasteiger charge is -2.01. The van der Waals surface area contributed by atoms with E-state index in [-0.39, 0.29) is 0 Å². The molecule has 1 aromatic heterocycles. The van der Waals surface area contributed by atoms with Crippen molar-refractivity contribution in [1.82, 2.24) is 4.98 Å². The van der Waals surface area contributed by atoms with Crippen molar-refractivity contribution in [1.29, 1.82) is 0 Å². The summed E-state index contributed by atoms with van der Waals surface area (Å²) in [6.07, 6.45) is 0.946. The van der Waals surface area contributed by atoms with Crippen molar-refractivity contribution in [2.45, 2.75) is 20.3 Å². The Morgan fingerprint density at radius 2 is 1.87 bits per heavy atom. The topological polar surface area (TPSA) is 59.1 Å². The number of carbonyl (C=O) groups is 2. The Balaban J connectivity index is 1.79. The van der Waals surface area contributed by atoms with E-state index in [9.17, 15) is 9.59 Å². The zero-order chi connectivity index (χ0) is 16.4. The molecule has 0 aliphatic carbocycles. The predicted molar refractivity (Wildman–Crippen MR) is 93.1 cm³/mol. The number of anilines is 1. The number of hydrogen-bond acceptors (Lipinski definition) is 4. The van der Waals surface area contributed by atoms with Crippen LogP contribution in [0, 0.1) is 6.92 Å². The van der Waals surface area contributed by atoms with Crippen LogP contribution in [0.4, 0.5) is 5.13 Å². The standard InChI is InChI=1S/C18H16N2O2S/c1-3-12-6-9-14-15(10-12)23-18(19-14)20-17(22)16(21)13-7-4-11(2)5-8-13/h4-10H,3H2,1-2H3,(H,19,20,22). The maximum absolute atomic E-state index is 12.1. The maximum Gasteiger partial charge on any atom is 0.298 e. The fraction of sp³-hybridized carbons (Fsp3) is 0.167. The van der Waals surface area contributed by atoms with Crippen LogP contribution < -0.4 is 5.32 Å². The van der Waals surface area contributed by atoms with Gasteiger partial charge < -0.3 is 0 Å². The number of thiazole rings is 1. The number of fused-ring (bicyclic) bond motifs is 1. The molecule has 3 aromatic rings. The van der Waals surface area contributed by atoms with E-state index in [2.05, 4.69) is 23.3 Å². The smallest absolute Gasteiger partial charge is 0.295 e. The average molecular weight is 324 g/mol. The molecule has 0 unspecified atom stereocenters. The summed E-state index contributed by atoms with van der Waals surface area (Å²) in [4.78, 5) is 28.6. The van der Waals surface area contributed by atoms with Crippen molar-refractivity contribution in [2.24, 2.45) is 0 Å². The van der Waals surface area contributed by atoms with E-state index in [4.69, 9.17) is 0 Å². The van der Waals surface area contributed by atoms with Crippen LogP contribution in [0.15, 0.2) is 42.5 Å². The summed E-state index contributed by atoms with van der Waals surface area (Å²) in [5, 5.41) is 3.04. The van der Waals surface area contributed by atoms with Gasteiger partial charge in [0.1, 0.15) is 0 Å². The molecule has 23 heavy (non-hydrogen) atoms. The second-order valence-electron chi connectivity index (χ2n) is 5.32. The van der Waals surface area contributed by atoms with Crippen LogP contribution in [-0.4, -0.2) is 16.7 Å². The number of ketones is 1. The van der Waals surface area contributed by atoms with Gasteiger partial charge in [-0.1, -0.05) is 54.2 Å². The summed E-state index contributed by atoms with van der Waals surface area (Å²) < 4.78 is 1.00. The van der Waals surface area contributed by atoms with Crippen molar-refractivity contribution in [2.75, 3.05) is 5.32 Å². The number of nitrogens with one attached hydrogen (secondary N) is 1. The van der Waals surface area contributed by atoms with Gasteiger partial charge >= 0.3 is 0 Å². The quantitative estimate of drug-likeness (QED) is 0.583. The highest BCUT2D eigenvalue weighted by Crippen LogP contribution is 2.27. The van der Waals surface area contributed by atoms with E-state index >= 15 is 0 Å². The summed E-state index contributed by atoms with van der Waals surface area (Å²) in [6.45, 7) is 4.02. The summed E-state index contributed by atoms with van der Waals surface area (Å²) >= 11 is 1.37. The molecule has 4 nitrogen and oxygen atoms in total. The third kappa shape index (κ3) is 3.29. The number of nitrogens with zero attached hydrogens (tertiary/aromatic N) is 1. The van der Waals surface area contributed by atoms with Gasteiger partial charge in [-0.2, -0.15) is 0 Å². The van der Waals surface area contributed by atoms with Gasteiger partial charge in [-0.25, -0.2) is 4.98 Å². The van der Waals surface area contributed by atoms with Gasteiger partial charge in [0.05, 0.1) is 10.2 Å². The lowest BCUT2D eigenvalue weighted by atomic mass is 10.1. The SMILES string of the molecule is CCc1ccc2nc(NC(=O)C(=O)c3ccc(C)cc3)sc2c1. The summed E-state index contributed by atoms with van der Waals surface area (Å²) in [6, 6.07) is 12.9. The van der Waals surface area contributed by atoms with Crippen molar-refractivity contribution in [3.05, 3.63) is 59.2 Å². The first-order valence-corrected chi connectivity index (χ1v) is 8.20. The molecule has 0 radical (unpaired) electrons. The van der Waals surface area contributed by atoms with Crippen LogP contribution >= 0.6 is 11.3 Å². The first-order valence-electron chi connectivity index (χ1n) is 7.38. The minimum Gasteiger partial charge on any atom is -0.295 e. The molecule has 1 N–H and O–H groups in total. The number of amides is 1. The third-order valence-corrected chi connectivity index (χ3v) is 4.54. The lowest BCUT2D eigenvalue weighted by molar-refractivity contribution is -0.112. The van der Waals surface area contributed by atoms with Crippen molar-refractivity contribution < 1.29 is 9.59 Å². The highest BCUT2D eigenvalue weighted by Gasteiger charge is 2.17. The van der Waals surface area contributed by atoms with Gasteiger partial charge in [-0.15, -0.1) is 0 Å². The number of hydrogen-bond donors (Lipinski definition) is 1. The summed E-state index contributed by atoms with van der Waals surface area (Å²) in [5.74, 6) is -1.22. The highest BCUT2D eigenvalue weighted by molar-refractivity contribution is 7.22. The molecule has 0 saturated carbocycles. The highest BCUT2D eigenvalue weighted by atomic mass is 32.1. The Labute approximate surface area is 138 Å². The van der Waals surface area contributed by atoms with Crippen molar-refractivity contribution >= 4 is 38.4 Å². The first kappa shape index (κ1) is 15.4. The lowest BCUT2D eigenvalue weighted by Crippen LogP contribution is -2.22. The van der Waals surface area contributed by atoms with E-state index in [1.807, 2.05) is 31.2 Å². The summed E-state index contributed by atoms with van der Waals surface area (Å²) in [5.41, 5.74) is 3.46. The molecule has 1 amide bonds. The molecular weight excluding hydrogens is 308 g/mol. The Morgan fingerprint density at radius 1 is 1.13 bits per heavy atom. The normalized spacial score (nSPS) is 10.7. The fourth-order valence-electron chi connectivity index (χ4n) is 2.23. The number of aryl methyl sites for hydroxylation is 2. The van der Waals surface area contributed by atoms with Gasteiger partial charge in [0, 0.05) is 5.56 Å². The van der Waals surface area contributed by atoms with Crippen LogP contribution in [0.2, 0.25) is 0 Å². The monoisotopic (exact) mass is 324 g/mol. The minimum absolute atomic E-state index is 0.377. The van der Waals surface area contributed by atoms with Crippen molar-refractivity contribution in [3.63, 3.8) is 0 Å². The molecule has 0 fully saturated rings. The van der Waals surface area contributed by atoms with Gasteiger partial charge in [0.15, 0.2) is 5.13 Å². The molecule has 5 heteroatoms. The minimum atomic E-state index is -0.663. The Bertz CT molecular complexity index is 882. The zero-order valence-corrected chi connectivity index (χ0v) is 13.7. The molecule has 2 aromatic carbocycles. The first-order chi connectivity index (χ1) is 11.1. The molecule has 0 saturated heterocycles. The largest absolute Gasteiger partial charge is 0.298 e. The molecule has 0 aliphatic rings. The molecule has 3 rings (SSSR count). The number of benzene rings is 2. The van der Waals surface area contributed by atoms with E-state index in [0.717, 1.165) is 22.2 Å². The van der Waals surface area contributed by atoms with Crippen molar-refractivity contribution in [3.8, 4) is 0 Å². The Morgan fingerprint density at radius 3 is 2.57 bits per heavy atom.